The van der Waals surface area contributed by atoms with Gasteiger partial charge in [0.2, 0.25) is 11.8 Å². The fourth-order valence-corrected chi connectivity index (χ4v) is 6.00. The van der Waals surface area contributed by atoms with Crippen LogP contribution in [0.2, 0.25) is 5.02 Å². The van der Waals surface area contributed by atoms with E-state index in [0.29, 0.717) is 41.0 Å². The fraction of sp³-hybridized carbons (Fsp3) is 0.214. The zero-order valence-electron chi connectivity index (χ0n) is 19.4. The van der Waals surface area contributed by atoms with Crippen LogP contribution >= 0.6 is 11.6 Å². The van der Waals surface area contributed by atoms with Gasteiger partial charge in [0.05, 0.1) is 29.8 Å². The standard InChI is InChI=1S/C28H20ClN3O5/c29-17-7-5-15(6-8-17)26(33)25-23-22(24-19-4-2-1-3-16(19)14-30-32(24)25)27(34)31(28(23)35)18-9-10-20-21(13-18)37-12-11-36-20/h1-10,13-14,22-25H,11-12H2/t22-,23+,24+,25+/m0/s1. The topological polar surface area (TPSA) is 88.5 Å². The molecule has 0 aliphatic carbocycles. The number of carbonyl (C=O) groups excluding carboxylic acids is 3. The molecule has 2 saturated heterocycles. The van der Waals surface area contributed by atoms with Crippen LogP contribution in [0.3, 0.4) is 0 Å². The average molecular weight is 514 g/mol. The molecule has 7 rings (SSSR count). The van der Waals surface area contributed by atoms with Crippen molar-refractivity contribution in [3.05, 3.63) is 88.4 Å². The van der Waals surface area contributed by atoms with Gasteiger partial charge >= 0.3 is 0 Å². The molecule has 4 atom stereocenters. The first kappa shape index (κ1) is 22.1. The van der Waals surface area contributed by atoms with E-state index < -0.39 is 29.8 Å². The van der Waals surface area contributed by atoms with Crippen LogP contribution < -0.4 is 14.4 Å². The number of halogens is 1. The maximum Gasteiger partial charge on any atom is 0.240 e. The highest BCUT2D eigenvalue weighted by atomic mass is 35.5. The van der Waals surface area contributed by atoms with Gasteiger partial charge in [0, 0.05) is 16.7 Å². The normalized spacial score (nSPS) is 25.1. The summed E-state index contributed by atoms with van der Waals surface area (Å²) in [5.74, 6) is -1.72. The van der Waals surface area contributed by atoms with E-state index in [1.165, 1.54) is 4.90 Å². The van der Waals surface area contributed by atoms with Crippen molar-refractivity contribution in [2.45, 2.75) is 12.1 Å². The van der Waals surface area contributed by atoms with Gasteiger partial charge in [0.15, 0.2) is 17.3 Å². The Morgan fingerprint density at radius 3 is 2.43 bits per heavy atom. The predicted octanol–water partition coefficient (Wildman–Crippen LogP) is 3.87. The van der Waals surface area contributed by atoms with Gasteiger partial charge in [-0.05, 0) is 47.5 Å². The van der Waals surface area contributed by atoms with Crippen LogP contribution in [-0.2, 0) is 9.59 Å². The van der Waals surface area contributed by atoms with Gasteiger partial charge in [0.25, 0.3) is 0 Å². The highest BCUT2D eigenvalue weighted by molar-refractivity contribution is 6.30. The van der Waals surface area contributed by atoms with Gasteiger partial charge < -0.3 is 9.47 Å². The zero-order valence-corrected chi connectivity index (χ0v) is 20.2. The summed E-state index contributed by atoms with van der Waals surface area (Å²) in [5, 5.41) is 6.73. The third kappa shape index (κ3) is 3.22. The summed E-state index contributed by atoms with van der Waals surface area (Å²) < 4.78 is 11.3. The van der Waals surface area contributed by atoms with Crippen molar-refractivity contribution in [1.29, 1.82) is 0 Å². The number of amides is 2. The molecule has 2 fully saturated rings. The number of fused-ring (bicyclic) bond motifs is 6. The Bertz CT molecular complexity index is 1500. The second kappa shape index (κ2) is 8.18. The Labute approximate surface area is 217 Å². The summed E-state index contributed by atoms with van der Waals surface area (Å²) in [4.78, 5) is 43.1. The van der Waals surface area contributed by atoms with Crippen LogP contribution in [0.25, 0.3) is 0 Å². The average Bonchev–Trinajstić information content (AvgIpc) is 3.40. The Hall–Kier alpha value is -4.17. The number of Topliss-reactive ketones (excluding diaryl/α,β-unsaturated/α-hetero) is 1. The molecule has 0 bridgehead atoms. The number of hydrogen-bond acceptors (Lipinski definition) is 7. The highest BCUT2D eigenvalue weighted by Gasteiger charge is 2.65. The zero-order chi connectivity index (χ0) is 25.3. The lowest BCUT2D eigenvalue weighted by Crippen LogP contribution is -2.44. The molecule has 2 amide bonds. The van der Waals surface area contributed by atoms with Crippen molar-refractivity contribution in [3.8, 4) is 11.5 Å². The summed E-state index contributed by atoms with van der Waals surface area (Å²) in [5.41, 5.74) is 2.52. The van der Waals surface area contributed by atoms with Crippen LogP contribution in [0, 0.1) is 11.8 Å². The van der Waals surface area contributed by atoms with Gasteiger partial charge in [-0.1, -0.05) is 35.9 Å². The number of ether oxygens (including phenoxy) is 2. The van der Waals surface area contributed by atoms with Crippen LogP contribution in [0.5, 0.6) is 11.5 Å². The van der Waals surface area contributed by atoms with Gasteiger partial charge in [-0.3, -0.25) is 19.4 Å². The number of nitrogens with zero attached hydrogens (tertiary/aromatic N) is 3. The van der Waals surface area contributed by atoms with Crippen LogP contribution in [0.1, 0.15) is 27.5 Å². The number of hydrogen-bond donors (Lipinski definition) is 0. The Morgan fingerprint density at radius 1 is 0.892 bits per heavy atom. The van der Waals surface area contributed by atoms with E-state index in [1.807, 2.05) is 24.3 Å². The minimum atomic E-state index is -0.945. The molecule has 0 spiro atoms. The first-order valence-electron chi connectivity index (χ1n) is 12.0. The third-order valence-corrected chi connectivity index (χ3v) is 7.73. The van der Waals surface area contributed by atoms with Gasteiger partial charge in [-0.2, -0.15) is 5.10 Å². The Morgan fingerprint density at radius 2 is 1.62 bits per heavy atom. The molecule has 0 saturated carbocycles. The summed E-state index contributed by atoms with van der Waals surface area (Å²) in [7, 11) is 0. The molecule has 8 nitrogen and oxygen atoms in total. The third-order valence-electron chi connectivity index (χ3n) is 7.47. The lowest BCUT2D eigenvalue weighted by Gasteiger charge is -2.33. The highest BCUT2D eigenvalue weighted by Crippen LogP contribution is 2.53. The van der Waals surface area contributed by atoms with E-state index in [2.05, 4.69) is 5.10 Å². The first-order valence-corrected chi connectivity index (χ1v) is 12.4. The van der Waals surface area contributed by atoms with Gasteiger partial charge in [-0.15, -0.1) is 0 Å². The van der Waals surface area contributed by atoms with Crippen LogP contribution in [0.4, 0.5) is 5.69 Å². The number of benzene rings is 3. The number of rotatable bonds is 3. The van der Waals surface area contributed by atoms with E-state index in [4.69, 9.17) is 21.1 Å². The van der Waals surface area contributed by atoms with Crippen molar-refractivity contribution in [3.63, 3.8) is 0 Å². The second-order valence-electron chi connectivity index (χ2n) is 9.41. The van der Waals surface area contributed by atoms with Gasteiger partial charge in [-0.25, -0.2) is 4.90 Å². The molecule has 4 aliphatic rings. The molecule has 184 valence electrons. The molecule has 4 heterocycles. The molecular weight excluding hydrogens is 494 g/mol. The molecule has 3 aromatic carbocycles. The quantitative estimate of drug-likeness (QED) is 0.390. The minimum absolute atomic E-state index is 0.282. The van der Waals surface area contributed by atoms with Crippen molar-refractivity contribution < 1.29 is 23.9 Å². The SMILES string of the molecule is O=C(c1ccc(Cl)cc1)[C@H]1[C@@H]2C(=O)N(c3ccc4c(c3)OCCO4)C(=O)[C@@H]2[C@H]2c3ccccc3C=NN21. The van der Waals surface area contributed by atoms with E-state index in [9.17, 15) is 14.4 Å². The van der Waals surface area contributed by atoms with Crippen molar-refractivity contribution in [1.82, 2.24) is 5.01 Å². The number of imide groups is 1. The molecule has 0 radical (unpaired) electrons. The smallest absolute Gasteiger partial charge is 0.240 e. The molecule has 0 unspecified atom stereocenters. The lowest BCUT2D eigenvalue weighted by atomic mass is 9.83. The monoisotopic (exact) mass is 513 g/mol. The van der Waals surface area contributed by atoms with E-state index in [0.717, 1.165) is 11.1 Å². The molecule has 9 heteroatoms. The lowest BCUT2D eigenvalue weighted by molar-refractivity contribution is -0.124. The summed E-state index contributed by atoms with van der Waals surface area (Å²) in [6, 6.07) is 17.7. The summed E-state index contributed by atoms with van der Waals surface area (Å²) in [6.07, 6.45) is 1.68. The number of ketones is 1. The molecule has 0 aromatic heterocycles. The van der Waals surface area contributed by atoms with E-state index >= 15 is 0 Å². The fourth-order valence-electron chi connectivity index (χ4n) is 5.88. The van der Waals surface area contributed by atoms with Crippen LogP contribution in [-0.4, -0.2) is 48.1 Å². The summed E-state index contributed by atoms with van der Waals surface area (Å²) >= 11 is 6.04. The number of hydrazone groups is 1. The van der Waals surface area contributed by atoms with Crippen molar-refractivity contribution in [2.75, 3.05) is 18.1 Å². The maximum absolute atomic E-state index is 14.0. The van der Waals surface area contributed by atoms with E-state index in [-0.39, 0.29) is 11.7 Å². The molecular formula is C28H20ClN3O5. The van der Waals surface area contributed by atoms with Crippen molar-refractivity contribution in [2.24, 2.45) is 16.9 Å². The first-order chi connectivity index (χ1) is 18.0. The molecule has 37 heavy (non-hydrogen) atoms. The summed E-state index contributed by atoms with van der Waals surface area (Å²) in [6.45, 7) is 0.817. The molecule has 4 aliphatic heterocycles. The number of anilines is 1. The minimum Gasteiger partial charge on any atom is -0.486 e. The molecule has 0 N–H and O–H groups in total. The predicted molar refractivity (Wildman–Crippen MR) is 135 cm³/mol. The Balaban J connectivity index is 1.35. The number of carbonyl (C=O) groups is 3. The van der Waals surface area contributed by atoms with Crippen molar-refractivity contribution >= 4 is 41.1 Å². The Kier molecular flexibility index (Phi) is 4.87. The molecule has 3 aromatic rings. The van der Waals surface area contributed by atoms with Crippen LogP contribution in [0.15, 0.2) is 71.8 Å². The second-order valence-corrected chi connectivity index (χ2v) is 9.84. The largest absolute Gasteiger partial charge is 0.486 e. The maximum atomic E-state index is 14.0. The van der Waals surface area contributed by atoms with E-state index in [1.54, 1.807) is 53.7 Å². The van der Waals surface area contributed by atoms with Gasteiger partial charge in [0.1, 0.15) is 19.3 Å².